The number of benzene rings is 2. The van der Waals surface area contributed by atoms with Gasteiger partial charge in [0.05, 0.1) is 25.3 Å². The molecular formula is C35H44AcN4O6. The van der Waals surface area contributed by atoms with Gasteiger partial charge in [-0.05, 0) is 57.2 Å². The zero-order valence-corrected chi connectivity index (χ0v) is 32.0. The molecule has 0 aromatic heterocycles. The largest absolute Gasteiger partial charge is 0.507 e. The molecule has 1 radical (unpaired) electrons. The Balaban J connectivity index is 0.00000372. The number of ether oxygens (including phenoxy) is 3. The molecule has 11 heteroatoms. The van der Waals surface area contributed by atoms with Crippen molar-refractivity contribution < 1.29 is 73.3 Å². The molecule has 46 heavy (non-hydrogen) atoms. The van der Waals surface area contributed by atoms with E-state index in [-0.39, 0.29) is 92.9 Å². The van der Waals surface area contributed by atoms with Crippen molar-refractivity contribution in [1.29, 1.82) is 5.26 Å². The second-order valence-electron chi connectivity index (χ2n) is 13.6. The van der Waals surface area contributed by atoms with Crippen LogP contribution in [0.3, 0.4) is 0 Å². The number of phenols is 2. The number of nitrogens with zero attached hydrogens (tertiary/aromatic N) is 3. The van der Waals surface area contributed by atoms with Crippen molar-refractivity contribution in [2.75, 3.05) is 27.5 Å². The normalized spacial score (nSPS) is 26.6. The van der Waals surface area contributed by atoms with Crippen LogP contribution in [0.5, 0.6) is 28.7 Å². The van der Waals surface area contributed by atoms with Crippen molar-refractivity contribution >= 4 is 5.91 Å². The summed E-state index contributed by atoms with van der Waals surface area (Å²) < 4.78 is 17.5. The molecule has 5 atom stereocenters. The predicted octanol–water partition coefficient (Wildman–Crippen LogP) is 4.70. The zero-order chi connectivity index (χ0) is 31.6. The van der Waals surface area contributed by atoms with E-state index in [9.17, 15) is 20.3 Å². The van der Waals surface area contributed by atoms with Crippen LogP contribution in [0.2, 0.25) is 0 Å². The molecule has 243 valence electrons. The summed E-state index contributed by atoms with van der Waals surface area (Å²) in [7, 11) is 3.59. The minimum atomic E-state index is -0.507. The maximum atomic E-state index is 13.3. The fraction of sp³-hybridized carbons (Fsp3) is 0.600. The molecule has 2 fully saturated rings. The Labute approximate surface area is 306 Å². The van der Waals surface area contributed by atoms with E-state index in [1.165, 1.54) is 32.1 Å². The molecule has 1 saturated carbocycles. The molecule has 5 aliphatic rings. The monoisotopic (exact) mass is 843 g/mol. The number of nitrogens with one attached hydrogen (secondary N) is 1. The first-order valence-corrected chi connectivity index (χ1v) is 16.4. The third kappa shape index (κ3) is 5.36. The van der Waals surface area contributed by atoms with Crippen LogP contribution in [0.25, 0.3) is 0 Å². The van der Waals surface area contributed by atoms with E-state index in [0.717, 1.165) is 34.2 Å². The second kappa shape index (κ2) is 13.3. The number of rotatable bonds is 6. The maximum absolute atomic E-state index is 13.3. The van der Waals surface area contributed by atoms with Crippen LogP contribution in [-0.2, 0) is 17.6 Å². The molecule has 10 nitrogen and oxygen atoms in total. The van der Waals surface area contributed by atoms with Crippen molar-refractivity contribution in [3.05, 3.63) is 39.4 Å². The maximum Gasteiger partial charge on any atom is 0.231 e. The molecule has 0 spiro atoms. The van der Waals surface area contributed by atoms with E-state index in [2.05, 4.69) is 27.3 Å². The molecular weight excluding hydrogens is 799 g/mol. The van der Waals surface area contributed by atoms with Gasteiger partial charge in [0.2, 0.25) is 12.7 Å². The summed E-state index contributed by atoms with van der Waals surface area (Å²) in [4.78, 5) is 17.8. The number of carbonyl (C=O) groups is 1. The van der Waals surface area contributed by atoms with E-state index in [0.29, 0.717) is 48.0 Å². The zero-order valence-electron chi connectivity index (χ0n) is 27.3. The van der Waals surface area contributed by atoms with Crippen molar-refractivity contribution in [2.45, 2.75) is 102 Å². The number of methoxy groups -OCH3 is 1. The number of carbonyl (C=O) groups excluding carboxylic acids is 1. The molecule has 2 bridgehead atoms. The molecule has 4 aliphatic heterocycles. The Hall–Kier alpha value is -2.24. The number of aromatic hydroxyl groups is 2. The third-order valence-corrected chi connectivity index (χ3v) is 11.3. The summed E-state index contributed by atoms with van der Waals surface area (Å²) >= 11 is 0. The molecule has 2 aromatic carbocycles. The van der Waals surface area contributed by atoms with Gasteiger partial charge in [0.15, 0.2) is 23.0 Å². The van der Waals surface area contributed by atoms with Crippen LogP contribution in [-0.4, -0.2) is 71.5 Å². The number of nitriles is 1. The topological polar surface area (TPSA) is 128 Å². The van der Waals surface area contributed by atoms with Crippen molar-refractivity contribution in [3.63, 3.8) is 0 Å². The van der Waals surface area contributed by atoms with E-state index in [4.69, 9.17) is 14.2 Å². The Morgan fingerprint density at radius 2 is 1.83 bits per heavy atom. The number of aryl methyl sites for hydroxylation is 1. The average Bonchev–Trinajstić information content (AvgIpc) is 3.53. The van der Waals surface area contributed by atoms with Crippen molar-refractivity contribution in [1.82, 2.24) is 15.1 Å². The van der Waals surface area contributed by atoms with Gasteiger partial charge in [-0.25, -0.2) is 0 Å². The van der Waals surface area contributed by atoms with Gasteiger partial charge in [-0.1, -0.05) is 38.2 Å². The number of likely N-dealkylation sites (N-methyl/N-ethyl adjacent to an activating group) is 1. The Bertz CT molecular complexity index is 1570. The summed E-state index contributed by atoms with van der Waals surface area (Å²) in [5, 5.41) is 37.2. The number of hydrogen-bond donors (Lipinski definition) is 3. The SMILES string of the molecule is COc1c(C)cc2c(c1O)[C@@H]1C3Cc4c(O)c(C)c5c(c4[C@H](CNC(=O)CCC4CCCCC4)N3[C@@H](C#N)[C@H](C2)N1C)OCO5.[Ac]. The second-order valence-corrected chi connectivity index (χ2v) is 13.6. The summed E-state index contributed by atoms with van der Waals surface area (Å²) in [6, 6.07) is 3.05. The van der Waals surface area contributed by atoms with Gasteiger partial charge >= 0.3 is 0 Å². The van der Waals surface area contributed by atoms with Crippen LogP contribution >= 0.6 is 0 Å². The smallest absolute Gasteiger partial charge is 0.231 e. The van der Waals surface area contributed by atoms with Crippen molar-refractivity contribution in [2.24, 2.45) is 5.92 Å². The van der Waals surface area contributed by atoms with Gasteiger partial charge in [-0.2, -0.15) is 5.26 Å². The van der Waals surface area contributed by atoms with Gasteiger partial charge in [-0.3, -0.25) is 14.6 Å². The van der Waals surface area contributed by atoms with Crippen molar-refractivity contribution in [3.8, 4) is 34.8 Å². The molecule has 4 heterocycles. The molecule has 3 N–H and O–H groups in total. The standard InChI is InChI=1S/C35H44N4O6.Ac/c1-18-12-21-13-23-25(15-36)39-24(30(38(23)3)28(21)32(42)33(18)43-4)14-22-29(35-34(44-17-45-35)19(2)31(22)41)26(39)16-37-27(40)11-10-20-8-6-5-7-9-20;/h12,20,23-26,30,41-42H,5-11,13-14,16-17H2,1-4H3,(H,37,40);/t23-,24?,25-,26-,30-;/m0./s1. The summed E-state index contributed by atoms with van der Waals surface area (Å²) in [6.07, 6.45) is 8.54. The van der Waals surface area contributed by atoms with Gasteiger partial charge in [0.25, 0.3) is 0 Å². The van der Waals surface area contributed by atoms with Gasteiger partial charge in [0, 0.05) is 91.4 Å². The van der Waals surface area contributed by atoms with E-state index >= 15 is 0 Å². The fourth-order valence-corrected chi connectivity index (χ4v) is 9.15. The summed E-state index contributed by atoms with van der Waals surface area (Å²) in [6.45, 7) is 4.07. The quantitative estimate of drug-likeness (QED) is 0.380. The number of fused-ring (bicyclic) bond motifs is 9. The Morgan fingerprint density at radius 3 is 2.54 bits per heavy atom. The predicted molar refractivity (Wildman–Crippen MR) is 167 cm³/mol. The molecule has 1 saturated heterocycles. The first-order valence-electron chi connectivity index (χ1n) is 16.4. The minimum absolute atomic E-state index is 0. The molecule has 1 amide bonds. The third-order valence-electron chi connectivity index (χ3n) is 11.3. The fourth-order valence-electron chi connectivity index (χ4n) is 9.15. The van der Waals surface area contributed by atoms with Crippen LogP contribution in [0.1, 0.15) is 90.4 Å². The van der Waals surface area contributed by atoms with E-state index in [1.807, 2.05) is 20.9 Å². The number of piperazine rings is 1. The number of phenolic OH excluding ortho intramolecular Hbond substituents is 2. The molecule has 1 aliphatic carbocycles. The van der Waals surface area contributed by atoms with Crippen LogP contribution in [0, 0.1) is 75.2 Å². The molecule has 7 rings (SSSR count). The number of hydrogen-bond acceptors (Lipinski definition) is 9. The van der Waals surface area contributed by atoms with Crippen LogP contribution < -0.4 is 19.5 Å². The van der Waals surface area contributed by atoms with Gasteiger partial charge < -0.3 is 29.7 Å². The minimum Gasteiger partial charge on any atom is -0.507 e. The van der Waals surface area contributed by atoms with Crippen LogP contribution in [0.15, 0.2) is 6.07 Å². The Kier molecular flexibility index (Phi) is 9.76. The van der Waals surface area contributed by atoms with Gasteiger partial charge in [-0.15, -0.1) is 0 Å². The van der Waals surface area contributed by atoms with E-state index < -0.39 is 12.1 Å². The first kappa shape index (κ1) is 33.7. The summed E-state index contributed by atoms with van der Waals surface area (Å²) in [5.74, 6) is 2.44. The van der Waals surface area contributed by atoms with Crippen LogP contribution in [0.4, 0.5) is 0 Å². The first-order chi connectivity index (χ1) is 21.7. The Morgan fingerprint density at radius 1 is 1.09 bits per heavy atom. The average molecular weight is 844 g/mol. The van der Waals surface area contributed by atoms with E-state index in [1.54, 1.807) is 7.11 Å². The molecule has 2 aromatic rings. The number of amides is 1. The summed E-state index contributed by atoms with van der Waals surface area (Å²) in [5.41, 5.74) is 4.82. The van der Waals surface area contributed by atoms with Gasteiger partial charge in [0.1, 0.15) is 11.8 Å². The molecule has 1 unspecified atom stereocenters.